The molecule has 1 spiro atoms. The largest absolute Gasteiger partial charge is 0.0839 e. The molecule has 0 unspecified atom stereocenters. The third-order valence-electron chi connectivity index (χ3n) is 5.65. The average Bonchev–Trinajstić information content (AvgIpc) is 3.02. The van der Waals surface area contributed by atoms with Crippen LogP contribution in [0, 0.1) is 23.2 Å². The standard InChI is InChI=1S/C17H16/c1-2-4-12-11(3-1)5-6-13-15(12)14-7-8-17(9-10-17)16(13)14/h1-8,13-16H,9-10H2/t13-,14-,15+,16+/m1/s1. The van der Waals surface area contributed by atoms with Crippen molar-refractivity contribution in [3.63, 3.8) is 0 Å². The van der Waals surface area contributed by atoms with E-state index in [1.165, 1.54) is 18.4 Å². The van der Waals surface area contributed by atoms with Gasteiger partial charge in [-0.15, -0.1) is 0 Å². The summed E-state index contributed by atoms with van der Waals surface area (Å²) < 4.78 is 0. The fourth-order valence-electron chi connectivity index (χ4n) is 4.71. The van der Waals surface area contributed by atoms with Crippen LogP contribution in [0.5, 0.6) is 0 Å². The SMILES string of the molecule is C1=C[C@@H]2[C@H](c3ccccc31)[C@H]1C=CC3(CC3)[C@@H]21. The van der Waals surface area contributed by atoms with E-state index < -0.39 is 0 Å². The lowest BCUT2D eigenvalue weighted by Gasteiger charge is -2.52. The van der Waals surface area contributed by atoms with Gasteiger partial charge in [-0.3, -0.25) is 0 Å². The van der Waals surface area contributed by atoms with Crippen molar-refractivity contribution in [1.29, 1.82) is 0 Å². The van der Waals surface area contributed by atoms with Crippen LogP contribution in [0.25, 0.3) is 6.08 Å². The summed E-state index contributed by atoms with van der Waals surface area (Å²) in [5.41, 5.74) is 3.70. The maximum atomic E-state index is 2.55. The van der Waals surface area contributed by atoms with Crippen LogP contribution in [-0.4, -0.2) is 0 Å². The van der Waals surface area contributed by atoms with E-state index in [2.05, 4.69) is 48.6 Å². The number of hydrogen-bond donors (Lipinski definition) is 0. The third kappa shape index (κ3) is 0.887. The average molecular weight is 220 g/mol. The Morgan fingerprint density at radius 2 is 1.82 bits per heavy atom. The second-order valence-corrected chi connectivity index (χ2v) is 6.29. The fourth-order valence-corrected chi connectivity index (χ4v) is 4.71. The summed E-state index contributed by atoms with van der Waals surface area (Å²) in [5, 5.41) is 0. The van der Waals surface area contributed by atoms with E-state index in [1.54, 1.807) is 5.56 Å². The van der Waals surface area contributed by atoms with Gasteiger partial charge in [0.1, 0.15) is 0 Å². The highest BCUT2D eigenvalue weighted by Crippen LogP contribution is 2.72. The van der Waals surface area contributed by atoms with Crippen molar-refractivity contribution in [2.75, 3.05) is 0 Å². The van der Waals surface area contributed by atoms with Gasteiger partial charge in [-0.25, -0.2) is 0 Å². The maximum Gasteiger partial charge on any atom is -0.00237 e. The maximum absolute atomic E-state index is 2.55. The molecule has 0 radical (unpaired) electrons. The Labute approximate surface area is 102 Å². The van der Waals surface area contributed by atoms with Gasteiger partial charge in [0.05, 0.1) is 0 Å². The summed E-state index contributed by atoms with van der Waals surface area (Å²) in [5.74, 6) is 3.40. The molecule has 0 N–H and O–H groups in total. The second-order valence-electron chi connectivity index (χ2n) is 6.29. The van der Waals surface area contributed by atoms with Crippen molar-refractivity contribution in [2.45, 2.75) is 18.8 Å². The highest BCUT2D eigenvalue weighted by Gasteiger charge is 2.64. The minimum absolute atomic E-state index is 0.641. The summed E-state index contributed by atoms with van der Waals surface area (Å²) in [4.78, 5) is 0. The van der Waals surface area contributed by atoms with Crippen molar-refractivity contribution in [3.05, 3.63) is 53.6 Å². The molecule has 0 saturated heterocycles. The molecule has 2 fully saturated rings. The quantitative estimate of drug-likeness (QED) is 0.579. The zero-order valence-electron chi connectivity index (χ0n) is 9.84. The molecule has 84 valence electrons. The molecule has 0 aliphatic heterocycles. The lowest BCUT2D eigenvalue weighted by atomic mass is 9.51. The van der Waals surface area contributed by atoms with E-state index in [9.17, 15) is 0 Å². The Balaban J connectivity index is 1.64. The number of benzene rings is 1. The molecular formula is C17H16. The monoisotopic (exact) mass is 220 g/mol. The first kappa shape index (κ1) is 8.74. The molecule has 1 aromatic rings. The summed E-state index contributed by atoms with van der Waals surface area (Å²) in [6, 6.07) is 8.97. The molecule has 1 aromatic carbocycles. The van der Waals surface area contributed by atoms with Crippen LogP contribution in [0.3, 0.4) is 0 Å². The first-order chi connectivity index (χ1) is 8.39. The van der Waals surface area contributed by atoms with Crippen LogP contribution in [0.4, 0.5) is 0 Å². The Morgan fingerprint density at radius 1 is 1.00 bits per heavy atom. The minimum atomic E-state index is 0.641. The second kappa shape index (κ2) is 2.58. The van der Waals surface area contributed by atoms with Crippen LogP contribution in [-0.2, 0) is 0 Å². The molecule has 0 nitrogen and oxygen atoms in total. The van der Waals surface area contributed by atoms with Crippen LogP contribution >= 0.6 is 0 Å². The third-order valence-corrected chi connectivity index (χ3v) is 5.65. The molecule has 0 heteroatoms. The number of hydrogen-bond acceptors (Lipinski definition) is 0. The molecule has 0 aromatic heterocycles. The van der Waals surface area contributed by atoms with Gasteiger partial charge in [-0.05, 0) is 53.1 Å². The fraction of sp³-hybridized carbons (Fsp3) is 0.412. The number of fused-ring (bicyclic) bond motifs is 7. The zero-order valence-corrected chi connectivity index (χ0v) is 9.84. The molecule has 2 saturated carbocycles. The Bertz CT molecular complexity index is 559. The van der Waals surface area contributed by atoms with Gasteiger partial charge in [0.25, 0.3) is 0 Å². The summed E-state index contributed by atoms with van der Waals surface area (Å²) in [6.45, 7) is 0. The molecule has 0 heterocycles. The summed E-state index contributed by atoms with van der Waals surface area (Å²) in [7, 11) is 0. The topological polar surface area (TPSA) is 0 Å². The van der Waals surface area contributed by atoms with E-state index in [-0.39, 0.29) is 0 Å². The van der Waals surface area contributed by atoms with E-state index in [0.717, 1.165) is 23.7 Å². The lowest BCUT2D eigenvalue weighted by Crippen LogP contribution is -2.45. The molecular weight excluding hydrogens is 204 g/mol. The smallest absolute Gasteiger partial charge is 0.00237 e. The number of allylic oxidation sites excluding steroid dienone is 3. The van der Waals surface area contributed by atoms with E-state index in [0.29, 0.717) is 5.41 Å². The summed E-state index contributed by atoms with van der Waals surface area (Å²) >= 11 is 0. The normalized spacial score (nSPS) is 41.6. The molecule has 17 heavy (non-hydrogen) atoms. The highest BCUT2D eigenvalue weighted by atomic mass is 14.7. The predicted molar refractivity (Wildman–Crippen MR) is 69.5 cm³/mol. The van der Waals surface area contributed by atoms with Crippen molar-refractivity contribution in [2.24, 2.45) is 23.2 Å². The molecule has 5 rings (SSSR count). The predicted octanol–water partition coefficient (Wildman–Crippen LogP) is 4.01. The van der Waals surface area contributed by atoms with Gasteiger partial charge in [0.15, 0.2) is 0 Å². The molecule has 0 amide bonds. The van der Waals surface area contributed by atoms with Crippen molar-refractivity contribution in [3.8, 4) is 0 Å². The number of rotatable bonds is 0. The van der Waals surface area contributed by atoms with Crippen LogP contribution in [0.15, 0.2) is 42.5 Å². The van der Waals surface area contributed by atoms with Crippen LogP contribution < -0.4 is 0 Å². The van der Waals surface area contributed by atoms with E-state index >= 15 is 0 Å². The minimum Gasteiger partial charge on any atom is -0.0839 e. The van der Waals surface area contributed by atoms with Crippen LogP contribution in [0.1, 0.15) is 29.9 Å². The molecule has 4 atom stereocenters. The Morgan fingerprint density at radius 3 is 2.71 bits per heavy atom. The van der Waals surface area contributed by atoms with Gasteiger partial charge < -0.3 is 0 Å². The van der Waals surface area contributed by atoms with Crippen molar-refractivity contribution < 1.29 is 0 Å². The van der Waals surface area contributed by atoms with Gasteiger partial charge in [0.2, 0.25) is 0 Å². The van der Waals surface area contributed by atoms with Crippen molar-refractivity contribution in [1.82, 2.24) is 0 Å². The molecule has 4 aliphatic rings. The van der Waals surface area contributed by atoms with Gasteiger partial charge >= 0.3 is 0 Å². The first-order valence-corrected chi connectivity index (χ1v) is 6.86. The van der Waals surface area contributed by atoms with Gasteiger partial charge in [-0.2, -0.15) is 0 Å². The van der Waals surface area contributed by atoms with Gasteiger partial charge in [-0.1, -0.05) is 48.6 Å². The van der Waals surface area contributed by atoms with E-state index in [1.807, 2.05) is 0 Å². The molecule has 4 aliphatic carbocycles. The van der Waals surface area contributed by atoms with Crippen molar-refractivity contribution >= 4 is 6.08 Å². The Hall–Kier alpha value is -1.30. The Kier molecular flexibility index (Phi) is 1.33. The summed E-state index contributed by atoms with van der Waals surface area (Å²) in [6.07, 6.45) is 12.8. The first-order valence-electron chi connectivity index (χ1n) is 6.86. The highest BCUT2D eigenvalue weighted by molar-refractivity contribution is 5.61. The van der Waals surface area contributed by atoms with Crippen LogP contribution in [0.2, 0.25) is 0 Å². The van der Waals surface area contributed by atoms with Gasteiger partial charge in [0, 0.05) is 0 Å². The molecule has 0 bridgehead atoms. The zero-order chi connectivity index (χ0) is 11.0. The lowest BCUT2D eigenvalue weighted by molar-refractivity contribution is 0.0714. The van der Waals surface area contributed by atoms with E-state index in [4.69, 9.17) is 0 Å².